The fourth-order valence-corrected chi connectivity index (χ4v) is 3.76. The molecule has 0 aliphatic carbocycles. The number of fused-ring (bicyclic) bond motifs is 3. The summed E-state index contributed by atoms with van der Waals surface area (Å²) in [6, 6.07) is 20.5. The van der Waals surface area contributed by atoms with E-state index in [-0.39, 0.29) is 0 Å². The van der Waals surface area contributed by atoms with E-state index in [0.717, 1.165) is 28.8 Å². The zero-order valence-electron chi connectivity index (χ0n) is 15.4. The molecule has 0 saturated carbocycles. The molecule has 4 rings (SSSR count). The first kappa shape index (κ1) is 17.7. The van der Waals surface area contributed by atoms with Crippen molar-refractivity contribution in [2.24, 2.45) is 0 Å². The van der Waals surface area contributed by atoms with Crippen LogP contribution in [0.5, 0.6) is 0 Å². The van der Waals surface area contributed by atoms with Crippen molar-refractivity contribution in [3.63, 3.8) is 0 Å². The molecule has 0 N–H and O–H groups in total. The zero-order valence-corrected chi connectivity index (χ0v) is 15.4. The molecule has 0 aliphatic rings. The smallest absolute Gasteiger partial charge is 0.126 e. The summed E-state index contributed by atoms with van der Waals surface area (Å²) in [6.45, 7) is 2.22. The van der Waals surface area contributed by atoms with Crippen LogP contribution in [-0.4, -0.2) is 0 Å². The van der Waals surface area contributed by atoms with Gasteiger partial charge in [-0.15, -0.1) is 0 Å². The zero-order chi connectivity index (χ0) is 18.8. The highest BCUT2D eigenvalue weighted by Crippen LogP contribution is 2.31. The highest BCUT2D eigenvalue weighted by Gasteiger charge is 2.07. The maximum Gasteiger partial charge on any atom is 0.126 e. The molecular formula is C25H22F2. The van der Waals surface area contributed by atoms with Gasteiger partial charge < -0.3 is 0 Å². The van der Waals surface area contributed by atoms with Crippen LogP contribution in [0.4, 0.5) is 8.78 Å². The molecular weight excluding hydrogens is 338 g/mol. The summed E-state index contributed by atoms with van der Waals surface area (Å²) in [5.74, 6) is -1.11. The molecule has 0 amide bonds. The molecule has 0 saturated heterocycles. The van der Waals surface area contributed by atoms with Gasteiger partial charge in [-0.05, 0) is 69.3 Å². The van der Waals surface area contributed by atoms with Gasteiger partial charge in [-0.1, -0.05) is 62.2 Å². The Kier molecular flexibility index (Phi) is 4.89. The first-order valence-corrected chi connectivity index (χ1v) is 9.56. The Balaban J connectivity index is 1.74. The van der Waals surface area contributed by atoms with Crippen LogP contribution in [0.1, 0.15) is 31.7 Å². The largest absolute Gasteiger partial charge is 0.207 e. The van der Waals surface area contributed by atoms with E-state index < -0.39 is 11.6 Å². The molecule has 0 aliphatic heterocycles. The van der Waals surface area contributed by atoms with Gasteiger partial charge in [0.2, 0.25) is 0 Å². The monoisotopic (exact) mass is 360 g/mol. The van der Waals surface area contributed by atoms with E-state index >= 15 is 0 Å². The number of halogens is 2. The molecule has 0 radical (unpaired) electrons. The summed E-state index contributed by atoms with van der Waals surface area (Å²) in [5.41, 5.74) is 2.75. The molecule has 0 bridgehead atoms. The van der Waals surface area contributed by atoms with E-state index in [2.05, 4.69) is 37.3 Å². The third kappa shape index (κ3) is 3.71. The predicted molar refractivity (Wildman–Crippen MR) is 110 cm³/mol. The third-order valence-electron chi connectivity index (χ3n) is 5.17. The van der Waals surface area contributed by atoms with Gasteiger partial charge in [0.15, 0.2) is 0 Å². The first-order valence-electron chi connectivity index (χ1n) is 9.56. The van der Waals surface area contributed by atoms with Gasteiger partial charge in [0.25, 0.3) is 0 Å². The van der Waals surface area contributed by atoms with Crippen LogP contribution in [0.2, 0.25) is 0 Å². The SMILES string of the molecule is CCCCCc1ccc2c(ccc3cc(-c4cc(F)cc(F)c4)ccc32)c1. The average Bonchev–Trinajstić information content (AvgIpc) is 2.66. The summed E-state index contributed by atoms with van der Waals surface area (Å²) < 4.78 is 27.1. The van der Waals surface area contributed by atoms with Crippen LogP contribution < -0.4 is 0 Å². The second-order valence-corrected chi connectivity index (χ2v) is 7.17. The van der Waals surface area contributed by atoms with Crippen molar-refractivity contribution in [2.45, 2.75) is 32.6 Å². The van der Waals surface area contributed by atoms with Crippen molar-refractivity contribution in [1.29, 1.82) is 0 Å². The molecule has 27 heavy (non-hydrogen) atoms. The van der Waals surface area contributed by atoms with Crippen LogP contribution in [0.3, 0.4) is 0 Å². The van der Waals surface area contributed by atoms with Crippen LogP contribution in [0.15, 0.2) is 66.7 Å². The molecule has 4 aromatic rings. The molecule has 2 heteroatoms. The normalized spacial score (nSPS) is 11.4. The summed E-state index contributed by atoms with van der Waals surface area (Å²) in [6.07, 6.45) is 4.84. The Morgan fingerprint density at radius 3 is 2.00 bits per heavy atom. The molecule has 0 fully saturated rings. The number of benzene rings is 4. The Hall–Kier alpha value is -2.74. The predicted octanol–water partition coefficient (Wildman–Crippen LogP) is 7.67. The van der Waals surface area contributed by atoms with Crippen LogP contribution in [0.25, 0.3) is 32.7 Å². The van der Waals surface area contributed by atoms with Crippen molar-refractivity contribution in [3.05, 3.63) is 83.9 Å². The maximum absolute atomic E-state index is 13.5. The lowest BCUT2D eigenvalue weighted by molar-refractivity contribution is 0.584. The summed E-state index contributed by atoms with van der Waals surface area (Å²) in [4.78, 5) is 0. The minimum Gasteiger partial charge on any atom is -0.207 e. The minimum absolute atomic E-state index is 0.556. The van der Waals surface area contributed by atoms with E-state index in [9.17, 15) is 8.78 Å². The minimum atomic E-state index is -0.556. The Labute approximate surface area is 158 Å². The Morgan fingerprint density at radius 1 is 0.630 bits per heavy atom. The van der Waals surface area contributed by atoms with Crippen molar-refractivity contribution < 1.29 is 8.78 Å². The molecule has 0 unspecified atom stereocenters. The second kappa shape index (κ2) is 7.48. The Bertz CT molecular complexity index is 1090. The molecule has 0 heterocycles. The fourth-order valence-electron chi connectivity index (χ4n) is 3.76. The van der Waals surface area contributed by atoms with E-state index in [1.807, 2.05) is 18.2 Å². The van der Waals surface area contributed by atoms with Crippen molar-refractivity contribution in [1.82, 2.24) is 0 Å². The van der Waals surface area contributed by atoms with Crippen molar-refractivity contribution >= 4 is 21.5 Å². The number of rotatable bonds is 5. The summed E-state index contributed by atoms with van der Waals surface area (Å²) in [5, 5.41) is 4.68. The number of aryl methyl sites for hydroxylation is 1. The van der Waals surface area contributed by atoms with E-state index in [0.29, 0.717) is 5.56 Å². The molecule has 0 nitrogen and oxygen atoms in total. The lowest BCUT2D eigenvalue weighted by Gasteiger charge is -2.09. The standard InChI is InChI=1S/C25H22F2/c1-2-3-4-5-17-6-10-24-19(12-17)7-8-20-13-18(9-11-25(20)24)21-14-22(26)16-23(27)15-21/h6-16H,2-5H2,1H3. The van der Waals surface area contributed by atoms with Gasteiger partial charge in [-0.3, -0.25) is 0 Å². The quantitative estimate of drug-likeness (QED) is 0.253. The first-order chi connectivity index (χ1) is 13.1. The highest BCUT2D eigenvalue weighted by molar-refractivity contribution is 6.08. The van der Waals surface area contributed by atoms with E-state index in [1.54, 1.807) is 0 Å². The average molecular weight is 360 g/mol. The Morgan fingerprint density at radius 2 is 1.30 bits per heavy atom. The van der Waals surface area contributed by atoms with Crippen molar-refractivity contribution in [2.75, 3.05) is 0 Å². The third-order valence-corrected chi connectivity index (χ3v) is 5.17. The number of hydrogen-bond acceptors (Lipinski definition) is 0. The summed E-state index contributed by atoms with van der Waals surface area (Å²) >= 11 is 0. The van der Waals surface area contributed by atoms with Gasteiger partial charge in [-0.25, -0.2) is 8.78 Å². The van der Waals surface area contributed by atoms with Gasteiger partial charge >= 0.3 is 0 Å². The topological polar surface area (TPSA) is 0 Å². The van der Waals surface area contributed by atoms with E-state index in [1.165, 1.54) is 47.7 Å². The second-order valence-electron chi connectivity index (χ2n) is 7.17. The maximum atomic E-state index is 13.5. The highest BCUT2D eigenvalue weighted by atomic mass is 19.1. The lowest BCUT2D eigenvalue weighted by Crippen LogP contribution is -1.87. The number of hydrogen-bond donors (Lipinski definition) is 0. The molecule has 0 spiro atoms. The number of unbranched alkanes of at least 4 members (excludes halogenated alkanes) is 2. The van der Waals surface area contributed by atoms with Gasteiger partial charge in [0, 0.05) is 6.07 Å². The van der Waals surface area contributed by atoms with Gasteiger partial charge in [-0.2, -0.15) is 0 Å². The van der Waals surface area contributed by atoms with Crippen LogP contribution in [0, 0.1) is 11.6 Å². The molecule has 0 atom stereocenters. The lowest BCUT2D eigenvalue weighted by atomic mass is 9.95. The van der Waals surface area contributed by atoms with E-state index in [4.69, 9.17) is 0 Å². The van der Waals surface area contributed by atoms with Gasteiger partial charge in [0.05, 0.1) is 0 Å². The van der Waals surface area contributed by atoms with Crippen LogP contribution >= 0.6 is 0 Å². The fraction of sp³-hybridized carbons (Fsp3) is 0.200. The van der Waals surface area contributed by atoms with Crippen LogP contribution in [-0.2, 0) is 6.42 Å². The van der Waals surface area contributed by atoms with Gasteiger partial charge in [0.1, 0.15) is 11.6 Å². The molecule has 0 aromatic heterocycles. The van der Waals surface area contributed by atoms with Crippen molar-refractivity contribution in [3.8, 4) is 11.1 Å². The molecule has 4 aromatic carbocycles. The molecule has 136 valence electrons. The summed E-state index contributed by atoms with van der Waals surface area (Å²) in [7, 11) is 0.